The second-order valence-electron chi connectivity index (χ2n) is 7.41. The summed E-state index contributed by atoms with van der Waals surface area (Å²) >= 11 is 0. The van der Waals surface area contributed by atoms with Crippen LogP contribution in [0.25, 0.3) is 0 Å². The number of aryl methyl sites for hydroxylation is 1. The second-order valence-corrected chi connectivity index (χ2v) is 9.39. The van der Waals surface area contributed by atoms with Crippen molar-refractivity contribution in [2.45, 2.75) is 45.1 Å². The molecule has 24 heavy (non-hydrogen) atoms. The highest BCUT2D eigenvalue weighted by Gasteiger charge is 2.31. The molecule has 2 fully saturated rings. The van der Waals surface area contributed by atoms with E-state index in [1.54, 1.807) is 4.31 Å². The van der Waals surface area contributed by atoms with Gasteiger partial charge in [-0.3, -0.25) is 4.98 Å². The highest BCUT2D eigenvalue weighted by atomic mass is 32.2. The number of piperidine rings is 2. The van der Waals surface area contributed by atoms with Gasteiger partial charge in [0.2, 0.25) is 10.0 Å². The van der Waals surface area contributed by atoms with Crippen molar-refractivity contribution in [1.82, 2.24) is 14.2 Å². The number of likely N-dealkylation sites (tertiary alicyclic amines) is 1. The minimum Gasteiger partial charge on any atom is -0.300 e. The van der Waals surface area contributed by atoms with Gasteiger partial charge in [-0.15, -0.1) is 0 Å². The minimum absolute atomic E-state index is 0.543. The summed E-state index contributed by atoms with van der Waals surface area (Å²) in [6.07, 6.45) is 8.89. The van der Waals surface area contributed by atoms with Crippen molar-refractivity contribution in [3.63, 3.8) is 0 Å². The van der Waals surface area contributed by atoms with Crippen LogP contribution in [-0.4, -0.2) is 61.1 Å². The molecule has 0 amide bonds. The molecule has 0 aromatic carbocycles. The van der Waals surface area contributed by atoms with E-state index in [-0.39, 0.29) is 0 Å². The lowest BCUT2D eigenvalue weighted by Gasteiger charge is -2.42. The van der Waals surface area contributed by atoms with Gasteiger partial charge in [0.15, 0.2) is 0 Å². The van der Waals surface area contributed by atoms with Crippen molar-refractivity contribution in [3.05, 3.63) is 29.6 Å². The van der Waals surface area contributed by atoms with E-state index < -0.39 is 10.0 Å². The standard InChI is InChI=1S/C18H29N3O2S/c1-15-5-6-16(13-19-15)12-17-4-3-9-20(14-17)18-7-10-21(11-8-18)24(2,22)23/h5-6,13,17-18H,3-4,7-12,14H2,1-2H3. The molecule has 2 saturated heterocycles. The van der Waals surface area contributed by atoms with E-state index in [4.69, 9.17) is 0 Å². The van der Waals surface area contributed by atoms with Crippen molar-refractivity contribution in [2.24, 2.45) is 5.92 Å². The molecule has 2 aliphatic rings. The van der Waals surface area contributed by atoms with E-state index in [0.717, 1.165) is 38.0 Å². The Morgan fingerprint density at radius 3 is 2.54 bits per heavy atom. The molecule has 0 spiro atoms. The number of sulfonamides is 1. The van der Waals surface area contributed by atoms with Crippen molar-refractivity contribution < 1.29 is 8.42 Å². The fourth-order valence-electron chi connectivity index (χ4n) is 4.09. The van der Waals surface area contributed by atoms with Gasteiger partial charge in [0.05, 0.1) is 6.26 Å². The predicted molar refractivity (Wildman–Crippen MR) is 96.4 cm³/mol. The Hall–Kier alpha value is -0.980. The Balaban J connectivity index is 1.53. The van der Waals surface area contributed by atoms with Gasteiger partial charge < -0.3 is 4.90 Å². The Morgan fingerprint density at radius 1 is 1.17 bits per heavy atom. The van der Waals surface area contributed by atoms with Crippen LogP contribution in [0.5, 0.6) is 0 Å². The summed E-state index contributed by atoms with van der Waals surface area (Å²) in [5, 5.41) is 0. The van der Waals surface area contributed by atoms with Crippen LogP contribution in [0.2, 0.25) is 0 Å². The Labute approximate surface area is 146 Å². The molecule has 0 bridgehead atoms. The summed E-state index contributed by atoms with van der Waals surface area (Å²) in [7, 11) is -3.03. The van der Waals surface area contributed by atoms with Crippen molar-refractivity contribution >= 4 is 10.0 Å². The lowest BCUT2D eigenvalue weighted by Crippen LogP contribution is -2.49. The van der Waals surface area contributed by atoms with E-state index in [2.05, 4.69) is 22.0 Å². The zero-order chi connectivity index (χ0) is 17.2. The molecule has 1 atom stereocenters. The number of rotatable bonds is 4. The van der Waals surface area contributed by atoms with Gasteiger partial charge in [-0.25, -0.2) is 12.7 Å². The maximum Gasteiger partial charge on any atom is 0.211 e. The first kappa shape index (κ1) is 17.8. The fourth-order valence-corrected chi connectivity index (χ4v) is 4.96. The predicted octanol–water partition coefficient (Wildman–Crippen LogP) is 2.07. The third-order valence-corrected chi connectivity index (χ3v) is 6.76. The SMILES string of the molecule is Cc1ccc(CC2CCCN(C3CCN(S(C)(=O)=O)CC3)C2)cn1. The van der Waals surface area contributed by atoms with Crippen molar-refractivity contribution in [2.75, 3.05) is 32.4 Å². The lowest BCUT2D eigenvalue weighted by molar-refractivity contribution is 0.0896. The van der Waals surface area contributed by atoms with Gasteiger partial charge in [-0.05, 0) is 63.1 Å². The molecular weight excluding hydrogens is 322 g/mol. The Bertz CT molecular complexity index is 637. The molecule has 0 N–H and O–H groups in total. The average molecular weight is 352 g/mol. The molecule has 0 saturated carbocycles. The van der Waals surface area contributed by atoms with Gasteiger partial charge in [0.1, 0.15) is 0 Å². The van der Waals surface area contributed by atoms with Gasteiger partial charge in [-0.2, -0.15) is 0 Å². The molecule has 3 heterocycles. The van der Waals surface area contributed by atoms with E-state index >= 15 is 0 Å². The molecular formula is C18H29N3O2S. The molecule has 1 aromatic heterocycles. The zero-order valence-electron chi connectivity index (χ0n) is 14.8. The van der Waals surface area contributed by atoms with Gasteiger partial charge >= 0.3 is 0 Å². The topological polar surface area (TPSA) is 53.5 Å². The van der Waals surface area contributed by atoms with E-state index in [9.17, 15) is 8.42 Å². The van der Waals surface area contributed by atoms with Crippen molar-refractivity contribution in [3.8, 4) is 0 Å². The molecule has 2 aliphatic heterocycles. The molecule has 0 radical (unpaired) electrons. The monoisotopic (exact) mass is 351 g/mol. The summed E-state index contributed by atoms with van der Waals surface area (Å²) in [5.74, 6) is 0.691. The van der Waals surface area contributed by atoms with Crippen molar-refractivity contribution in [1.29, 1.82) is 0 Å². The van der Waals surface area contributed by atoms with Gasteiger partial charge in [0, 0.05) is 37.6 Å². The molecule has 5 nitrogen and oxygen atoms in total. The first-order valence-corrected chi connectivity index (χ1v) is 10.9. The van der Waals surface area contributed by atoms with Crippen LogP contribution < -0.4 is 0 Å². The minimum atomic E-state index is -3.03. The highest BCUT2D eigenvalue weighted by Crippen LogP contribution is 2.26. The lowest BCUT2D eigenvalue weighted by atomic mass is 9.90. The third-order valence-electron chi connectivity index (χ3n) is 5.46. The van der Waals surface area contributed by atoms with Crippen LogP contribution in [0.3, 0.4) is 0 Å². The van der Waals surface area contributed by atoms with Gasteiger partial charge in [-0.1, -0.05) is 6.07 Å². The van der Waals surface area contributed by atoms with Crippen LogP contribution in [0.4, 0.5) is 0 Å². The first-order chi connectivity index (χ1) is 11.4. The van der Waals surface area contributed by atoms with Gasteiger partial charge in [0.25, 0.3) is 0 Å². The molecule has 3 rings (SSSR count). The smallest absolute Gasteiger partial charge is 0.211 e. The van der Waals surface area contributed by atoms with Crippen LogP contribution in [0.15, 0.2) is 18.3 Å². The zero-order valence-corrected chi connectivity index (χ0v) is 15.6. The first-order valence-electron chi connectivity index (χ1n) is 9.02. The summed E-state index contributed by atoms with van der Waals surface area (Å²) < 4.78 is 24.9. The second kappa shape index (κ2) is 7.50. The molecule has 1 unspecified atom stereocenters. The average Bonchev–Trinajstić information content (AvgIpc) is 2.57. The summed E-state index contributed by atoms with van der Waals surface area (Å²) in [5.41, 5.74) is 2.40. The normalized spacial score (nSPS) is 25.0. The summed E-state index contributed by atoms with van der Waals surface area (Å²) in [4.78, 5) is 7.02. The van der Waals surface area contributed by atoms with E-state index in [0.29, 0.717) is 25.0 Å². The summed E-state index contributed by atoms with van der Waals surface area (Å²) in [6.45, 7) is 5.66. The Kier molecular flexibility index (Phi) is 5.57. The number of nitrogens with zero attached hydrogens (tertiary/aromatic N) is 3. The fraction of sp³-hybridized carbons (Fsp3) is 0.722. The number of aromatic nitrogens is 1. The molecule has 1 aromatic rings. The van der Waals surface area contributed by atoms with Crippen LogP contribution >= 0.6 is 0 Å². The largest absolute Gasteiger partial charge is 0.300 e. The number of hydrogen-bond donors (Lipinski definition) is 0. The molecule has 6 heteroatoms. The van der Waals surface area contributed by atoms with E-state index in [1.165, 1.54) is 24.7 Å². The molecule has 134 valence electrons. The summed E-state index contributed by atoms with van der Waals surface area (Å²) in [6, 6.07) is 4.84. The number of pyridine rings is 1. The quantitative estimate of drug-likeness (QED) is 0.833. The van der Waals surface area contributed by atoms with Crippen LogP contribution in [-0.2, 0) is 16.4 Å². The maximum atomic E-state index is 11.7. The third kappa shape index (κ3) is 4.55. The highest BCUT2D eigenvalue weighted by molar-refractivity contribution is 7.88. The van der Waals surface area contributed by atoms with E-state index in [1.807, 2.05) is 13.1 Å². The Morgan fingerprint density at radius 2 is 1.92 bits per heavy atom. The van der Waals surface area contributed by atoms with Crippen LogP contribution in [0.1, 0.15) is 36.9 Å². The number of hydrogen-bond acceptors (Lipinski definition) is 4. The molecule has 0 aliphatic carbocycles. The van der Waals surface area contributed by atoms with Crippen LogP contribution in [0, 0.1) is 12.8 Å². The maximum absolute atomic E-state index is 11.7.